The third-order valence-corrected chi connectivity index (χ3v) is 6.67. The third-order valence-electron chi connectivity index (χ3n) is 6.67. The quantitative estimate of drug-likeness (QED) is 0.790. The summed E-state index contributed by atoms with van der Waals surface area (Å²) < 4.78 is 0. The SMILES string of the molecule is O=C(NCCN1CCCCCC1)C1CCN(c2cnc(N3CCCC3)nc2)CC1. The first kappa shape index (κ1) is 20.4. The largest absolute Gasteiger partial charge is 0.369 e. The number of likely N-dealkylation sites (tertiary alicyclic amines) is 1. The number of hydrogen-bond donors (Lipinski definition) is 1. The van der Waals surface area contributed by atoms with Gasteiger partial charge < -0.3 is 20.0 Å². The summed E-state index contributed by atoms with van der Waals surface area (Å²) in [5.41, 5.74) is 1.08. The number of amides is 1. The Hall–Kier alpha value is -1.89. The number of piperidine rings is 1. The van der Waals surface area contributed by atoms with Gasteiger partial charge in [0.1, 0.15) is 0 Å². The number of rotatable bonds is 6. The van der Waals surface area contributed by atoms with Crippen molar-refractivity contribution in [3.05, 3.63) is 12.4 Å². The van der Waals surface area contributed by atoms with E-state index in [-0.39, 0.29) is 11.8 Å². The van der Waals surface area contributed by atoms with Crippen molar-refractivity contribution < 1.29 is 4.79 Å². The Bertz CT molecular complexity index is 629. The van der Waals surface area contributed by atoms with Crippen LogP contribution in [0.3, 0.4) is 0 Å². The molecule has 3 aliphatic heterocycles. The number of hydrogen-bond acceptors (Lipinski definition) is 6. The summed E-state index contributed by atoms with van der Waals surface area (Å²) in [6.07, 6.45) is 13.5. The zero-order valence-corrected chi connectivity index (χ0v) is 17.7. The Morgan fingerprint density at radius 3 is 2.14 bits per heavy atom. The van der Waals surface area contributed by atoms with Gasteiger partial charge in [-0.25, -0.2) is 9.97 Å². The highest BCUT2D eigenvalue weighted by Crippen LogP contribution is 2.24. The molecule has 1 amide bonds. The lowest BCUT2D eigenvalue weighted by Gasteiger charge is -2.32. The molecule has 1 aromatic heterocycles. The molecule has 0 radical (unpaired) electrons. The highest BCUT2D eigenvalue weighted by atomic mass is 16.1. The molecule has 0 atom stereocenters. The van der Waals surface area contributed by atoms with E-state index < -0.39 is 0 Å². The summed E-state index contributed by atoms with van der Waals surface area (Å²) in [5.74, 6) is 1.23. The summed E-state index contributed by atoms with van der Waals surface area (Å²) in [5, 5.41) is 3.18. The predicted octanol–water partition coefficient (Wildman–Crippen LogP) is 2.29. The molecule has 160 valence electrons. The maximum atomic E-state index is 12.6. The minimum atomic E-state index is 0.139. The topological polar surface area (TPSA) is 64.6 Å². The first-order valence-corrected chi connectivity index (χ1v) is 11.6. The second-order valence-electron chi connectivity index (χ2n) is 8.74. The maximum Gasteiger partial charge on any atom is 0.225 e. The van der Waals surface area contributed by atoms with Gasteiger partial charge in [-0.05, 0) is 51.6 Å². The van der Waals surface area contributed by atoms with Crippen LogP contribution in [0.2, 0.25) is 0 Å². The molecule has 0 spiro atoms. The molecule has 0 aromatic carbocycles. The third kappa shape index (κ3) is 5.59. The van der Waals surface area contributed by atoms with E-state index in [9.17, 15) is 4.79 Å². The molecule has 3 aliphatic rings. The average Bonchev–Trinajstić information content (AvgIpc) is 3.19. The Labute approximate surface area is 174 Å². The Morgan fingerprint density at radius 1 is 0.862 bits per heavy atom. The molecule has 29 heavy (non-hydrogen) atoms. The Balaban J connectivity index is 1.18. The molecule has 1 aromatic rings. The predicted molar refractivity (Wildman–Crippen MR) is 116 cm³/mol. The van der Waals surface area contributed by atoms with Gasteiger partial charge in [0.25, 0.3) is 0 Å². The standard InChI is InChI=1S/C22H36N6O/c29-21(23-9-16-26-10-3-1-2-4-11-26)19-7-14-27(15-8-19)20-17-24-22(25-18-20)28-12-5-6-13-28/h17-19H,1-16H2,(H,23,29). The second-order valence-corrected chi connectivity index (χ2v) is 8.74. The van der Waals surface area contributed by atoms with Gasteiger partial charge in [-0.15, -0.1) is 0 Å². The summed E-state index contributed by atoms with van der Waals surface area (Å²) in [7, 11) is 0. The molecular formula is C22H36N6O. The van der Waals surface area contributed by atoms with E-state index in [2.05, 4.69) is 30.0 Å². The number of nitrogens with zero attached hydrogens (tertiary/aromatic N) is 5. The van der Waals surface area contributed by atoms with Gasteiger partial charge in [-0.3, -0.25) is 4.79 Å². The molecule has 1 N–H and O–H groups in total. The Kier molecular flexibility index (Phi) is 7.19. The minimum Gasteiger partial charge on any atom is -0.369 e. The van der Waals surface area contributed by atoms with Crippen LogP contribution in [0.1, 0.15) is 51.4 Å². The molecule has 3 fully saturated rings. The first-order chi connectivity index (χ1) is 14.3. The molecule has 4 rings (SSSR count). The monoisotopic (exact) mass is 400 g/mol. The highest BCUT2D eigenvalue weighted by molar-refractivity contribution is 5.79. The molecule has 3 saturated heterocycles. The van der Waals surface area contributed by atoms with E-state index in [0.29, 0.717) is 0 Å². The van der Waals surface area contributed by atoms with Crippen LogP contribution in [-0.2, 0) is 4.79 Å². The highest BCUT2D eigenvalue weighted by Gasteiger charge is 2.25. The van der Waals surface area contributed by atoms with Crippen molar-refractivity contribution in [2.75, 3.05) is 62.2 Å². The first-order valence-electron chi connectivity index (χ1n) is 11.6. The molecule has 7 heteroatoms. The smallest absolute Gasteiger partial charge is 0.225 e. The lowest BCUT2D eigenvalue weighted by atomic mass is 9.95. The summed E-state index contributed by atoms with van der Waals surface area (Å²) in [6, 6.07) is 0. The van der Waals surface area contributed by atoms with Crippen molar-refractivity contribution in [2.45, 2.75) is 51.4 Å². The van der Waals surface area contributed by atoms with E-state index >= 15 is 0 Å². The van der Waals surface area contributed by atoms with E-state index in [1.165, 1.54) is 51.6 Å². The molecule has 0 bridgehead atoms. The van der Waals surface area contributed by atoms with Crippen molar-refractivity contribution in [1.82, 2.24) is 20.2 Å². The number of aromatic nitrogens is 2. The van der Waals surface area contributed by atoms with Crippen LogP contribution >= 0.6 is 0 Å². The van der Waals surface area contributed by atoms with E-state index in [0.717, 1.165) is 63.7 Å². The molecule has 4 heterocycles. The fraction of sp³-hybridized carbons (Fsp3) is 0.773. The van der Waals surface area contributed by atoms with Gasteiger partial charge >= 0.3 is 0 Å². The van der Waals surface area contributed by atoms with Crippen LogP contribution < -0.4 is 15.1 Å². The normalized spacial score (nSPS) is 21.9. The summed E-state index contributed by atoms with van der Waals surface area (Å²) >= 11 is 0. The van der Waals surface area contributed by atoms with Gasteiger partial charge in [-0.1, -0.05) is 12.8 Å². The maximum absolute atomic E-state index is 12.6. The van der Waals surface area contributed by atoms with Crippen molar-refractivity contribution in [2.24, 2.45) is 5.92 Å². The lowest BCUT2D eigenvalue weighted by Crippen LogP contribution is -2.42. The van der Waals surface area contributed by atoms with Gasteiger partial charge in [0, 0.05) is 45.2 Å². The summed E-state index contributed by atoms with van der Waals surface area (Å²) in [4.78, 5) is 28.8. The van der Waals surface area contributed by atoms with Crippen molar-refractivity contribution >= 4 is 17.5 Å². The molecular weight excluding hydrogens is 364 g/mol. The minimum absolute atomic E-state index is 0.139. The second kappa shape index (κ2) is 10.2. The van der Waals surface area contributed by atoms with Gasteiger partial charge in [0.15, 0.2) is 0 Å². The van der Waals surface area contributed by atoms with Crippen LogP contribution in [0.4, 0.5) is 11.6 Å². The van der Waals surface area contributed by atoms with E-state index in [1.807, 2.05) is 12.4 Å². The van der Waals surface area contributed by atoms with Gasteiger partial charge in [0.05, 0.1) is 18.1 Å². The van der Waals surface area contributed by atoms with E-state index in [4.69, 9.17) is 0 Å². The lowest BCUT2D eigenvalue weighted by molar-refractivity contribution is -0.125. The van der Waals surface area contributed by atoms with Crippen LogP contribution in [0.5, 0.6) is 0 Å². The van der Waals surface area contributed by atoms with Crippen LogP contribution in [0.25, 0.3) is 0 Å². The fourth-order valence-corrected chi connectivity index (χ4v) is 4.80. The van der Waals surface area contributed by atoms with E-state index in [1.54, 1.807) is 0 Å². The number of anilines is 2. The molecule has 0 unspecified atom stereocenters. The van der Waals surface area contributed by atoms with Crippen molar-refractivity contribution in [3.63, 3.8) is 0 Å². The molecule has 7 nitrogen and oxygen atoms in total. The number of nitrogens with one attached hydrogen (secondary N) is 1. The van der Waals surface area contributed by atoms with Crippen LogP contribution in [0, 0.1) is 5.92 Å². The van der Waals surface area contributed by atoms with Crippen LogP contribution in [-0.4, -0.2) is 73.1 Å². The average molecular weight is 401 g/mol. The van der Waals surface area contributed by atoms with Crippen molar-refractivity contribution in [3.8, 4) is 0 Å². The van der Waals surface area contributed by atoms with Crippen LogP contribution in [0.15, 0.2) is 12.4 Å². The summed E-state index contributed by atoms with van der Waals surface area (Å²) in [6.45, 7) is 8.08. The zero-order valence-electron chi connectivity index (χ0n) is 17.7. The zero-order chi connectivity index (χ0) is 19.9. The molecule has 0 saturated carbocycles. The number of carbonyl (C=O) groups excluding carboxylic acids is 1. The van der Waals surface area contributed by atoms with Gasteiger partial charge in [0.2, 0.25) is 11.9 Å². The van der Waals surface area contributed by atoms with Crippen molar-refractivity contribution in [1.29, 1.82) is 0 Å². The Morgan fingerprint density at radius 2 is 1.48 bits per heavy atom. The number of carbonyl (C=O) groups is 1. The fourth-order valence-electron chi connectivity index (χ4n) is 4.80. The molecule has 0 aliphatic carbocycles. The van der Waals surface area contributed by atoms with Gasteiger partial charge in [-0.2, -0.15) is 0 Å².